The highest BCUT2D eigenvalue weighted by molar-refractivity contribution is 5.81. The Balaban J connectivity index is 0.000000686. The van der Waals surface area contributed by atoms with Gasteiger partial charge in [0, 0.05) is 5.39 Å². The van der Waals surface area contributed by atoms with E-state index in [1.165, 1.54) is 12.4 Å². The topological polar surface area (TPSA) is 25.8 Å². The van der Waals surface area contributed by atoms with Gasteiger partial charge >= 0.3 is 0 Å². The number of nitrogens with zero attached hydrogens (tertiary/aromatic N) is 2. The molecule has 2 nitrogen and oxygen atoms in total. The minimum absolute atomic E-state index is 0.0497. The van der Waals surface area contributed by atoms with Crippen LogP contribution in [0.5, 0.6) is 0 Å². The van der Waals surface area contributed by atoms with E-state index in [2.05, 4.69) is 9.97 Å². The second-order valence-electron chi connectivity index (χ2n) is 3.67. The molecule has 0 fully saturated rings. The van der Waals surface area contributed by atoms with Gasteiger partial charge < -0.3 is 0 Å². The zero-order valence-corrected chi connectivity index (χ0v) is 10.5. The molecule has 0 aliphatic heterocycles. The molecule has 1 aromatic heterocycles. The number of fused-ring (bicyclic) bond motifs is 1. The third-order valence-corrected chi connectivity index (χ3v) is 2.28. The molecule has 2 aromatic rings. The Morgan fingerprint density at radius 1 is 1.06 bits per heavy atom. The maximum Gasteiger partial charge on any atom is 0.185 e. The Kier molecular flexibility index (Phi) is 4.49. The molecule has 1 aromatic carbocycles. The largest absolute Gasteiger partial charge is 0.240 e. The number of rotatable bonds is 1. The van der Waals surface area contributed by atoms with Gasteiger partial charge in [0.1, 0.15) is 11.8 Å². The van der Waals surface area contributed by atoms with E-state index in [0.717, 1.165) is 11.8 Å². The molecule has 0 atom stereocenters. The summed E-state index contributed by atoms with van der Waals surface area (Å²) in [5.74, 6) is -1.63. The molecule has 4 heteroatoms. The Morgan fingerprint density at radius 2 is 1.71 bits per heavy atom. The molecule has 0 spiro atoms. The number of hydrogen-bond donors (Lipinski definition) is 0. The van der Waals surface area contributed by atoms with E-state index < -0.39 is 11.6 Å². The van der Waals surface area contributed by atoms with Gasteiger partial charge in [-0.1, -0.05) is 27.7 Å². The van der Waals surface area contributed by atoms with E-state index in [1.54, 1.807) is 0 Å². The molecule has 0 saturated carbocycles. The molecular weight excluding hydrogens is 222 g/mol. The van der Waals surface area contributed by atoms with Gasteiger partial charge in [0.15, 0.2) is 11.6 Å². The van der Waals surface area contributed by atoms with Crippen molar-refractivity contribution >= 4 is 10.9 Å². The monoisotopic (exact) mass is 238 g/mol. The first-order valence-electron chi connectivity index (χ1n) is 5.70. The normalized spacial score (nSPS) is 10.3. The minimum Gasteiger partial charge on any atom is -0.240 e. The molecular formula is C13H16F2N2. The maximum atomic E-state index is 13.4. The minimum atomic E-state index is -0.906. The van der Waals surface area contributed by atoms with Crippen molar-refractivity contribution in [1.29, 1.82) is 0 Å². The van der Waals surface area contributed by atoms with E-state index in [1.807, 2.05) is 27.7 Å². The summed E-state index contributed by atoms with van der Waals surface area (Å²) in [5, 5.41) is 0.575. The molecule has 0 aliphatic carbocycles. The maximum absolute atomic E-state index is 13.4. The lowest BCUT2D eigenvalue weighted by molar-refractivity contribution is 0.515. The van der Waals surface area contributed by atoms with E-state index in [9.17, 15) is 8.78 Å². The molecule has 0 bridgehead atoms. The van der Waals surface area contributed by atoms with Crippen LogP contribution in [-0.2, 0) is 0 Å². The van der Waals surface area contributed by atoms with Crippen LogP contribution in [0.15, 0.2) is 18.5 Å². The van der Waals surface area contributed by atoms with Gasteiger partial charge in [0.05, 0.1) is 5.69 Å². The summed E-state index contributed by atoms with van der Waals surface area (Å²) in [6.45, 7) is 7.89. The first-order valence-corrected chi connectivity index (χ1v) is 5.70. The molecule has 0 aliphatic rings. The molecule has 0 N–H and O–H groups in total. The molecule has 0 unspecified atom stereocenters. The van der Waals surface area contributed by atoms with E-state index in [-0.39, 0.29) is 11.4 Å². The number of aromatic nitrogens is 2. The van der Waals surface area contributed by atoms with Crippen LogP contribution < -0.4 is 0 Å². The molecule has 0 saturated heterocycles. The van der Waals surface area contributed by atoms with Crippen LogP contribution in [-0.4, -0.2) is 9.97 Å². The highest BCUT2D eigenvalue weighted by Gasteiger charge is 2.13. The number of halogens is 2. The second-order valence-corrected chi connectivity index (χ2v) is 3.67. The lowest BCUT2D eigenvalue weighted by Gasteiger charge is -2.08. The SMILES string of the molecule is CC.CC(C)c1ncnc2c(F)c(F)ccc12. The smallest absolute Gasteiger partial charge is 0.185 e. The predicted molar refractivity (Wildman–Crippen MR) is 64.9 cm³/mol. The van der Waals surface area contributed by atoms with Crippen molar-refractivity contribution in [2.75, 3.05) is 0 Å². The molecule has 92 valence electrons. The first kappa shape index (κ1) is 13.5. The summed E-state index contributed by atoms with van der Waals surface area (Å²) in [6, 6.07) is 2.62. The molecule has 2 rings (SSSR count). The predicted octanol–water partition coefficient (Wildman–Crippen LogP) is 4.06. The van der Waals surface area contributed by atoms with Gasteiger partial charge in [0.25, 0.3) is 0 Å². The zero-order valence-electron chi connectivity index (χ0n) is 10.5. The van der Waals surface area contributed by atoms with Crippen molar-refractivity contribution in [3.8, 4) is 0 Å². The average molecular weight is 238 g/mol. The summed E-state index contributed by atoms with van der Waals surface area (Å²) in [6.07, 6.45) is 1.26. The van der Waals surface area contributed by atoms with Crippen LogP contribution in [0.2, 0.25) is 0 Å². The van der Waals surface area contributed by atoms with Crippen molar-refractivity contribution in [1.82, 2.24) is 9.97 Å². The summed E-state index contributed by atoms with van der Waals surface area (Å²) in [5.41, 5.74) is 0.785. The Labute approximate surface area is 99.7 Å². The lowest BCUT2D eigenvalue weighted by Crippen LogP contribution is -1.98. The third kappa shape index (κ3) is 2.57. The van der Waals surface area contributed by atoms with Crippen molar-refractivity contribution in [3.63, 3.8) is 0 Å². The number of benzene rings is 1. The molecule has 17 heavy (non-hydrogen) atoms. The summed E-state index contributed by atoms with van der Waals surface area (Å²) in [4.78, 5) is 7.84. The fourth-order valence-electron chi connectivity index (χ4n) is 1.55. The fraction of sp³-hybridized carbons (Fsp3) is 0.385. The average Bonchev–Trinajstić information content (AvgIpc) is 2.35. The fourth-order valence-corrected chi connectivity index (χ4v) is 1.55. The van der Waals surface area contributed by atoms with E-state index in [4.69, 9.17) is 0 Å². The van der Waals surface area contributed by atoms with Crippen LogP contribution in [0, 0.1) is 11.6 Å². The Bertz CT molecular complexity index is 510. The summed E-state index contributed by atoms with van der Waals surface area (Å²) in [7, 11) is 0. The van der Waals surface area contributed by atoms with Crippen LogP contribution >= 0.6 is 0 Å². The van der Waals surface area contributed by atoms with E-state index in [0.29, 0.717) is 5.39 Å². The zero-order chi connectivity index (χ0) is 13.0. The highest BCUT2D eigenvalue weighted by atomic mass is 19.2. The molecule has 0 amide bonds. The second kappa shape index (κ2) is 5.66. The lowest BCUT2D eigenvalue weighted by atomic mass is 10.0. The van der Waals surface area contributed by atoms with Gasteiger partial charge in [-0.3, -0.25) is 0 Å². The van der Waals surface area contributed by atoms with Crippen molar-refractivity contribution in [2.45, 2.75) is 33.6 Å². The van der Waals surface area contributed by atoms with Crippen molar-refractivity contribution < 1.29 is 8.78 Å². The van der Waals surface area contributed by atoms with E-state index >= 15 is 0 Å². The first-order chi connectivity index (χ1) is 8.11. The van der Waals surface area contributed by atoms with Crippen LogP contribution in [0.3, 0.4) is 0 Å². The molecule has 0 radical (unpaired) electrons. The van der Waals surface area contributed by atoms with Crippen molar-refractivity contribution in [3.05, 3.63) is 35.8 Å². The molecule has 1 heterocycles. The van der Waals surface area contributed by atoms with Gasteiger partial charge in [-0.2, -0.15) is 0 Å². The standard InChI is InChI=1S/C11H10F2N2.C2H6/c1-6(2)10-7-3-4-8(12)9(13)11(7)15-5-14-10;1-2/h3-6H,1-2H3;1-2H3. The van der Waals surface area contributed by atoms with Gasteiger partial charge in [-0.25, -0.2) is 18.7 Å². The quantitative estimate of drug-likeness (QED) is 0.748. The van der Waals surface area contributed by atoms with Gasteiger partial charge in [-0.05, 0) is 18.1 Å². The van der Waals surface area contributed by atoms with Crippen LogP contribution in [0.4, 0.5) is 8.78 Å². The third-order valence-electron chi connectivity index (χ3n) is 2.28. The van der Waals surface area contributed by atoms with Gasteiger partial charge in [-0.15, -0.1) is 0 Å². The van der Waals surface area contributed by atoms with Gasteiger partial charge in [0.2, 0.25) is 0 Å². The van der Waals surface area contributed by atoms with Crippen LogP contribution in [0.25, 0.3) is 10.9 Å². The Morgan fingerprint density at radius 3 is 2.29 bits per heavy atom. The van der Waals surface area contributed by atoms with Crippen molar-refractivity contribution in [2.24, 2.45) is 0 Å². The number of hydrogen-bond acceptors (Lipinski definition) is 2. The highest BCUT2D eigenvalue weighted by Crippen LogP contribution is 2.24. The summed E-state index contributed by atoms with van der Waals surface area (Å²) >= 11 is 0. The summed E-state index contributed by atoms with van der Waals surface area (Å²) < 4.78 is 26.3. The van der Waals surface area contributed by atoms with Crippen LogP contribution in [0.1, 0.15) is 39.3 Å². The Hall–Kier alpha value is -1.58.